The van der Waals surface area contributed by atoms with E-state index in [1.54, 1.807) is 32.0 Å². The highest BCUT2D eigenvalue weighted by Gasteiger charge is 2.16. The predicted molar refractivity (Wildman–Crippen MR) is 54.8 cm³/mol. The van der Waals surface area contributed by atoms with Crippen LogP contribution in [0, 0.1) is 0 Å². The first-order valence-electron chi connectivity index (χ1n) is 4.76. The Kier molecular flexibility index (Phi) is 3.97. The normalized spacial score (nSPS) is 11.9. The topological polar surface area (TPSA) is 55.8 Å². The van der Waals surface area contributed by atoms with Crippen LogP contribution in [0.1, 0.15) is 13.8 Å². The Labute approximate surface area is 88.4 Å². The van der Waals surface area contributed by atoms with Crippen LogP contribution in [-0.4, -0.2) is 23.8 Å². The maximum Gasteiger partial charge on any atom is 0.347 e. The quantitative estimate of drug-likeness (QED) is 0.769. The lowest BCUT2D eigenvalue weighted by atomic mass is 10.3. The number of hydrogen-bond acceptors (Lipinski definition) is 4. The van der Waals surface area contributed by atoms with Crippen LogP contribution in [0.25, 0.3) is 0 Å². The molecule has 82 valence electrons. The van der Waals surface area contributed by atoms with Crippen molar-refractivity contribution in [2.45, 2.75) is 20.0 Å². The minimum atomic E-state index is -0.724. The smallest absolute Gasteiger partial charge is 0.347 e. The third-order valence-electron chi connectivity index (χ3n) is 1.79. The first kappa shape index (κ1) is 11.4. The molecule has 1 unspecified atom stereocenters. The molecular formula is C11H14O4. The molecule has 15 heavy (non-hydrogen) atoms. The summed E-state index contributed by atoms with van der Waals surface area (Å²) in [4.78, 5) is 11.2. The Morgan fingerprint density at radius 2 is 2.13 bits per heavy atom. The summed E-state index contributed by atoms with van der Waals surface area (Å²) in [5.41, 5.74) is 0. The van der Waals surface area contributed by atoms with E-state index in [9.17, 15) is 9.90 Å². The number of para-hydroxylation sites is 2. The maximum atomic E-state index is 11.2. The maximum absolute atomic E-state index is 11.2. The highest BCUT2D eigenvalue weighted by atomic mass is 16.6. The van der Waals surface area contributed by atoms with Crippen LogP contribution in [-0.2, 0) is 9.53 Å². The Hall–Kier alpha value is -1.71. The van der Waals surface area contributed by atoms with Gasteiger partial charge in [-0.25, -0.2) is 4.79 Å². The minimum Gasteiger partial charge on any atom is -0.504 e. The van der Waals surface area contributed by atoms with E-state index in [1.807, 2.05) is 0 Å². The van der Waals surface area contributed by atoms with E-state index in [0.717, 1.165) is 0 Å². The van der Waals surface area contributed by atoms with E-state index in [2.05, 4.69) is 0 Å². The molecule has 0 aliphatic heterocycles. The van der Waals surface area contributed by atoms with E-state index < -0.39 is 12.1 Å². The molecule has 1 aromatic carbocycles. The zero-order valence-electron chi connectivity index (χ0n) is 8.77. The van der Waals surface area contributed by atoms with Crippen molar-refractivity contribution in [3.63, 3.8) is 0 Å². The largest absolute Gasteiger partial charge is 0.504 e. The minimum absolute atomic E-state index is 0.00801. The zero-order chi connectivity index (χ0) is 11.3. The molecule has 0 aliphatic rings. The summed E-state index contributed by atoms with van der Waals surface area (Å²) in [5, 5.41) is 9.39. The van der Waals surface area contributed by atoms with Crippen molar-refractivity contribution < 1.29 is 19.4 Å². The molecule has 0 bridgehead atoms. The standard InChI is InChI=1S/C11H14O4/c1-3-14-11(13)8(2)15-10-7-5-4-6-9(10)12/h4-8,12H,3H2,1-2H3. The van der Waals surface area contributed by atoms with Crippen LogP contribution in [0.3, 0.4) is 0 Å². The molecular weight excluding hydrogens is 196 g/mol. The van der Waals surface area contributed by atoms with Gasteiger partial charge in [0, 0.05) is 0 Å². The average molecular weight is 210 g/mol. The second-order valence-electron chi connectivity index (χ2n) is 2.98. The van der Waals surface area contributed by atoms with Gasteiger partial charge in [0.05, 0.1) is 6.61 Å². The summed E-state index contributed by atoms with van der Waals surface area (Å²) in [7, 11) is 0. The van der Waals surface area contributed by atoms with E-state index >= 15 is 0 Å². The van der Waals surface area contributed by atoms with Gasteiger partial charge < -0.3 is 14.6 Å². The van der Waals surface area contributed by atoms with E-state index in [0.29, 0.717) is 6.61 Å². The fourth-order valence-corrected chi connectivity index (χ4v) is 1.05. The van der Waals surface area contributed by atoms with Crippen molar-refractivity contribution in [2.24, 2.45) is 0 Å². The lowest BCUT2D eigenvalue weighted by molar-refractivity contribution is -0.150. The van der Waals surface area contributed by atoms with Gasteiger partial charge in [0.2, 0.25) is 0 Å². The first-order valence-corrected chi connectivity index (χ1v) is 4.76. The Balaban J connectivity index is 2.62. The van der Waals surface area contributed by atoms with Gasteiger partial charge in [-0.1, -0.05) is 12.1 Å². The molecule has 0 saturated carbocycles. The molecule has 1 atom stereocenters. The monoisotopic (exact) mass is 210 g/mol. The molecule has 0 fully saturated rings. The van der Waals surface area contributed by atoms with Gasteiger partial charge in [0.25, 0.3) is 0 Å². The lowest BCUT2D eigenvalue weighted by Crippen LogP contribution is -2.26. The van der Waals surface area contributed by atoms with Gasteiger partial charge in [-0.2, -0.15) is 0 Å². The molecule has 4 heteroatoms. The van der Waals surface area contributed by atoms with Crippen molar-refractivity contribution in [3.05, 3.63) is 24.3 Å². The summed E-state index contributed by atoms with van der Waals surface area (Å²) in [5.74, 6) is -0.160. The molecule has 1 aromatic rings. The number of ether oxygens (including phenoxy) is 2. The molecule has 1 rings (SSSR count). The fourth-order valence-electron chi connectivity index (χ4n) is 1.05. The second kappa shape index (κ2) is 5.24. The number of hydrogen-bond donors (Lipinski definition) is 1. The fraction of sp³-hybridized carbons (Fsp3) is 0.364. The molecule has 0 aromatic heterocycles. The number of carbonyl (C=O) groups excluding carboxylic acids is 1. The Bertz CT molecular complexity index is 335. The molecule has 0 spiro atoms. The average Bonchev–Trinajstić information content (AvgIpc) is 2.21. The number of aromatic hydroxyl groups is 1. The highest BCUT2D eigenvalue weighted by Crippen LogP contribution is 2.25. The van der Waals surface area contributed by atoms with Crippen LogP contribution >= 0.6 is 0 Å². The number of esters is 1. The number of carbonyl (C=O) groups is 1. The number of phenols is 1. The van der Waals surface area contributed by atoms with Crippen LogP contribution in [0.4, 0.5) is 0 Å². The molecule has 0 saturated heterocycles. The van der Waals surface area contributed by atoms with Gasteiger partial charge in [-0.05, 0) is 26.0 Å². The predicted octanol–water partition coefficient (Wildman–Crippen LogP) is 1.72. The summed E-state index contributed by atoms with van der Waals surface area (Å²) in [6.45, 7) is 3.61. The van der Waals surface area contributed by atoms with Crippen molar-refractivity contribution in [3.8, 4) is 11.5 Å². The van der Waals surface area contributed by atoms with Crippen molar-refractivity contribution in [1.29, 1.82) is 0 Å². The van der Waals surface area contributed by atoms with Crippen molar-refractivity contribution >= 4 is 5.97 Å². The first-order chi connectivity index (χ1) is 7.15. The number of rotatable bonds is 4. The molecule has 0 aliphatic carbocycles. The third kappa shape index (κ3) is 3.16. The summed E-state index contributed by atoms with van der Waals surface area (Å²) >= 11 is 0. The zero-order valence-corrected chi connectivity index (χ0v) is 8.77. The molecule has 4 nitrogen and oxygen atoms in total. The third-order valence-corrected chi connectivity index (χ3v) is 1.79. The van der Waals surface area contributed by atoms with Gasteiger partial charge in [-0.15, -0.1) is 0 Å². The number of benzene rings is 1. The molecule has 0 radical (unpaired) electrons. The molecule has 0 heterocycles. The SMILES string of the molecule is CCOC(=O)C(C)Oc1ccccc1O. The number of phenolic OH excluding ortho intramolecular Hbond substituents is 1. The van der Waals surface area contributed by atoms with Gasteiger partial charge in [-0.3, -0.25) is 0 Å². The Morgan fingerprint density at radius 1 is 1.47 bits per heavy atom. The summed E-state index contributed by atoms with van der Waals surface area (Å²) in [6, 6.07) is 6.47. The van der Waals surface area contributed by atoms with Crippen LogP contribution in [0.5, 0.6) is 11.5 Å². The summed E-state index contributed by atoms with van der Waals surface area (Å²) < 4.78 is 10.0. The van der Waals surface area contributed by atoms with Crippen LogP contribution in [0.15, 0.2) is 24.3 Å². The van der Waals surface area contributed by atoms with Gasteiger partial charge >= 0.3 is 5.97 Å². The Morgan fingerprint density at radius 3 is 2.73 bits per heavy atom. The molecule has 1 N–H and O–H groups in total. The van der Waals surface area contributed by atoms with E-state index in [4.69, 9.17) is 9.47 Å². The van der Waals surface area contributed by atoms with E-state index in [1.165, 1.54) is 6.07 Å². The highest BCUT2D eigenvalue weighted by molar-refractivity contribution is 5.74. The second-order valence-corrected chi connectivity index (χ2v) is 2.98. The summed E-state index contributed by atoms with van der Waals surface area (Å²) in [6.07, 6.45) is -0.724. The van der Waals surface area contributed by atoms with Gasteiger partial charge in [0.1, 0.15) is 0 Å². The lowest BCUT2D eigenvalue weighted by Gasteiger charge is -2.13. The molecule has 0 amide bonds. The van der Waals surface area contributed by atoms with E-state index in [-0.39, 0.29) is 11.5 Å². The van der Waals surface area contributed by atoms with Crippen molar-refractivity contribution in [1.82, 2.24) is 0 Å². The van der Waals surface area contributed by atoms with Crippen molar-refractivity contribution in [2.75, 3.05) is 6.61 Å². The van der Waals surface area contributed by atoms with Gasteiger partial charge in [0.15, 0.2) is 17.6 Å². The van der Waals surface area contributed by atoms with Crippen LogP contribution in [0.2, 0.25) is 0 Å². The van der Waals surface area contributed by atoms with Crippen LogP contribution < -0.4 is 4.74 Å².